The molecule has 0 aliphatic carbocycles. The van der Waals surface area contributed by atoms with Crippen LogP contribution in [0, 0.1) is 11.3 Å². The Morgan fingerprint density at radius 1 is 1.15 bits per heavy atom. The predicted molar refractivity (Wildman–Crippen MR) is 80.6 cm³/mol. The molecule has 0 bridgehead atoms. The molecule has 0 spiro atoms. The Morgan fingerprint density at radius 2 is 1.90 bits per heavy atom. The molecule has 20 heavy (non-hydrogen) atoms. The van der Waals surface area contributed by atoms with E-state index >= 15 is 0 Å². The van der Waals surface area contributed by atoms with Gasteiger partial charge in [0, 0.05) is 11.0 Å². The van der Waals surface area contributed by atoms with Gasteiger partial charge in [0.2, 0.25) is 0 Å². The lowest BCUT2D eigenvalue weighted by Gasteiger charge is -2.11. The Hall–Kier alpha value is -2.12. The Morgan fingerprint density at radius 3 is 2.60 bits per heavy atom. The first-order chi connectivity index (χ1) is 9.78. The van der Waals surface area contributed by atoms with Crippen LogP contribution in [0.4, 0.5) is 0 Å². The first-order valence-electron chi connectivity index (χ1n) is 6.26. The minimum absolute atomic E-state index is 0.569. The Labute approximate surface area is 123 Å². The van der Waals surface area contributed by atoms with Crippen LogP contribution < -0.4 is 9.47 Å². The molecule has 4 heteroatoms. The number of ether oxygens (including phenoxy) is 2. The maximum atomic E-state index is 9.34. The molecule has 0 atom stereocenters. The number of benzene rings is 2. The first kappa shape index (κ1) is 14.3. The molecule has 2 rings (SSSR count). The summed E-state index contributed by atoms with van der Waals surface area (Å²) in [5.41, 5.74) is 0.571. The van der Waals surface area contributed by atoms with Crippen LogP contribution in [0.3, 0.4) is 0 Å². The summed E-state index contributed by atoms with van der Waals surface area (Å²) in [6, 6.07) is 15.2. The molecule has 0 unspecified atom stereocenters. The van der Waals surface area contributed by atoms with Crippen molar-refractivity contribution in [3.8, 4) is 23.3 Å². The molecule has 0 aliphatic heterocycles. The van der Waals surface area contributed by atoms with Gasteiger partial charge >= 0.3 is 0 Å². The molecular weight excluding hydrogens is 270 g/mol. The number of rotatable bonds is 5. The van der Waals surface area contributed by atoms with Gasteiger partial charge < -0.3 is 9.47 Å². The molecule has 2 aromatic carbocycles. The number of methoxy groups -OCH3 is 1. The van der Waals surface area contributed by atoms with Gasteiger partial charge in [-0.3, -0.25) is 0 Å². The van der Waals surface area contributed by atoms with Gasteiger partial charge in [-0.1, -0.05) is 19.1 Å². The minimum atomic E-state index is 0.569. The zero-order chi connectivity index (χ0) is 14.4. The van der Waals surface area contributed by atoms with Crippen LogP contribution in [0.2, 0.25) is 0 Å². The van der Waals surface area contributed by atoms with Crippen LogP contribution in [0.5, 0.6) is 17.2 Å². The molecule has 102 valence electrons. The van der Waals surface area contributed by atoms with Gasteiger partial charge in [0.15, 0.2) is 0 Å². The molecule has 0 N–H and O–H groups in total. The standard InChI is InChI=1S/C16H15NO2S/c1-3-20-16-9-5-8-15(14(16)11-17)19-13-7-4-6-12(10-13)18-2/h4-10H,3H2,1-2H3. The van der Waals surface area contributed by atoms with Crippen molar-refractivity contribution in [2.75, 3.05) is 12.9 Å². The molecule has 0 aliphatic rings. The van der Waals surface area contributed by atoms with Crippen molar-refractivity contribution in [1.29, 1.82) is 5.26 Å². The maximum absolute atomic E-state index is 9.34. The first-order valence-corrected chi connectivity index (χ1v) is 7.25. The van der Waals surface area contributed by atoms with E-state index in [2.05, 4.69) is 13.0 Å². The molecule has 0 saturated heterocycles. The number of hydrogen-bond acceptors (Lipinski definition) is 4. The molecule has 0 fully saturated rings. The SMILES string of the molecule is CCSc1cccc(Oc2cccc(OC)c2)c1C#N. The van der Waals surface area contributed by atoms with Crippen LogP contribution >= 0.6 is 11.8 Å². The van der Waals surface area contributed by atoms with E-state index in [1.54, 1.807) is 31.0 Å². The van der Waals surface area contributed by atoms with Crippen molar-refractivity contribution in [3.63, 3.8) is 0 Å². The molecule has 0 aromatic heterocycles. The Bertz CT molecular complexity index is 635. The van der Waals surface area contributed by atoms with Crippen molar-refractivity contribution in [3.05, 3.63) is 48.0 Å². The van der Waals surface area contributed by atoms with Crippen molar-refractivity contribution in [1.82, 2.24) is 0 Å². The lowest BCUT2D eigenvalue weighted by Crippen LogP contribution is -1.91. The fraction of sp³-hybridized carbons (Fsp3) is 0.188. The average Bonchev–Trinajstić information content (AvgIpc) is 2.48. The van der Waals surface area contributed by atoms with Crippen LogP contribution in [0.15, 0.2) is 47.4 Å². The van der Waals surface area contributed by atoms with Gasteiger partial charge in [0.25, 0.3) is 0 Å². The monoisotopic (exact) mass is 285 g/mol. The second-order valence-corrected chi connectivity index (χ2v) is 5.26. The van der Waals surface area contributed by atoms with Gasteiger partial charge in [-0.25, -0.2) is 0 Å². The summed E-state index contributed by atoms with van der Waals surface area (Å²) in [6.45, 7) is 2.06. The molecule has 0 heterocycles. The van der Waals surface area contributed by atoms with E-state index in [1.165, 1.54) is 0 Å². The Kier molecular flexibility index (Phi) is 4.91. The van der Waals surface area contributed by atoms with Gasteiger partial charge in [0.05, 0.1) is 7.11 Å². The topological polar surface area (TPSA) is 42.2 Å². The maximum Gasteiger partial charge on any atom is 0.146 e. The van der Waals surface area contributed by atoms with Gasteiger partial charge in [0.1, 0.15) is 28.9 Å². The van der Waals surface area contributed by atoms with E-state index in [1.807, 2.05) is 30.3 Å². The smallest absolute Gasteiger partial charge is 0.146 e. The summed E-state index contributed by atoms with van der Waals surface area (Å²) in [7, 11) is 1.61. The van der Waals surface area contributed by atoms with E-state index < -0.39 is 0 Å². The summed E-state index contributed by atoms with van der Waals surface area (Å²) >= 11 is 1.63. The second kappa shape index (κ2) is 6.88. The molecular formula is C16H15NO2S. The van der Waals surface area contributed by atoms with E-state index in [9.17, 15) is 5.26 Å². The fourth-order valence-corrected chi connectivity index (χ4v) is 2.55. The average molecular weight is 285 g/mol. The van der Waals surface area contributed by atoms with Crippen LogP contribution in [-0.2, 0) is 0 Å². The molecule has 0 amide bonds. The quantitative estimate of drug-likeness (QED) is 0.760. The summed E-state index contributed by atoms with van der Waals surface area (Å²) in [6.07, 6.45) is 0. The third-order valence-corrected chi connectivity index (χ3v) is 3.61. The summed E-state index contributed by atoms with van der Waals surface area (Å²) in [5.74, 6) is 2.86. The largest absolute Gasteiger partial charge is 0.497 e. The highest BCUT2D eigenvalue weighted by atomic mass is 32.2. The predicted octanol–water partition coefficient (Wildman–Crippen LogP) is 4.47. The highest BCUT2D eigenvalue weighted by Gasteiger charge is 2.10. The number of nitriles is 1. The fourth-order valence-electron chi connectivity index (χ4n) is 1.77. The van der Waals surface area contributed by atoms with Gasteiger partial charge in [-0.15, -0.1) is 11.8 Å². The third kappa shape index (κ3) is 3.25. The van der Waals surface area contributed by atoms with Crippen LogP contribution in [-0.4, -0.2) is 12.9 Å². The van der Waals surface area contributed by atoms with E-state index in [0.29, 0.717) is 17.1 Å². The number of nitrogens with zero attached hydrogens (tertiary/aromatic N) is 1. The summed E-state index contributed by atoms with van der Waals surface area (Å²) in [4.78, 5) is 0.940. The highest BCUT2D eigenvalue weighted by Crippen LogP contribution is 2.33. The zero-order valence-electron chi connectivity index (χ0n) is 11.4. The molecule has 3 nitrogen and oxygen atoms in total. The second-order valence-electron chi connectivity index (χ2n) is 3.96. The third-order valence-electron chi connectivity index (χ3n) is 2.67. The Balaban J connectivity index is 2.33. The van der Waals surface area contributed by atoms with Gasteiger partial charge in [-0.2, -0.15) is 5.26 Å². The molecule has 0 radical (unpaired) electrons. The van der Waals surface area contributed by atoms with Crippen molar-refractivity contribution < 1.29 is 9.47 Å². The van der Waals surface area contributed by atoms with Crippen molar-refractivity contribution >= 4 is 11.8 Å². The summed E-state index contributed by atoms with van der Waals surface area (Å²) < 4.78 is 11.0. The van der Waals surface area contributed by atoms with E-state index in [-0.39, 0.29) is 0 Å². The normalized spacial score (nSPS) is 9.85. The van der Waals surface area contributed by atoms with Gasteiger partial charge in [-0.05, 0) is 30.0 Å². The lowest BCUT2D eigenvalue weighted by atomic mass is 10.2. The lowest BCUT2D eigenvalue weighted by molar-refractivity contribution is 0.409. The van der Waals surface area contributed by atoms with Crippen molar-refractivity contribution in [2.24, 2.45) is 0 Å². The van der Waals surface area contributed by atoms with Crippen LogP contribution in [0.1, 0.15) is 12.5 Å². The minimum Gasteiger partial charge on any atom is -0.497 e. The van der Waals surface area contributed by atoms with E-state index in [4.69, 9.17) is 9.47 Å². The van der Waals surface area contributed by atoms with Crippen LogP contribution in [0.25, 0.3) is 0 Å². The number of hydrogen-bond donors (Lipinski definition) is 0. The van der Waals surface area contributed by atoms with Crippen molar-refractivity contribution in [2.45, 2.75) is 11.8 Å². The van der Waals surface area contributed by atoms with E-state index in [0.717, 1.165) is 16.4 Å². The number of thioether (sulfide) groups is 1. The molecule has 2 aromatic rings. The summed E-state index contributed by atoms with van der Waals surface area (Å²) in [5, 5.41) is 9.34. The molecule has 0 saturated carbocycles. The zero-order valence-corrected chi connectivity index (χ0v) is 12.2. The highest BCUT2D eigenvalue weighted by molar-refractivity contribution is 7.99.